The lowest BCUT2D eigenvalue weighted by molar-refractivity contribution is -0.00414. The molecule has 0 fully saturated rings. The Kier molecular flexibility index (Phi) is 13.0. The fraction of sp³-hybridized carbons (Fsp3) is 0.720. The molecule has 0 aliphatic heterocycles. The molecule has 1 rings (SSSR count). The molecular weight excluding hydrogens is 497 g/mol. The Morgan fingerprint density at radius 2 is 1.37 bits per heavy atom. The van der Waals surface area contributed by atoms with Crippen LogP contribution >= 0.6 is 0 Å². The minimum Gasteiger partial charge on any atom is -0.491 e. The molecule has 0 saturated heterocycles. The third kappa shape index (κ3) is 13.9. The average molecular weight is 545 g/mol. The first-order valence-corrected chi connectivity index (χ1v) is 21.6. The third-order valence-electron chi connectivity index (χ3n) is 4.61. The Bertz CT molecular complexity index is 740. The predicted octanol–water partition coefficient (Wildman–Crippen LogP) is 6.15. The molecule has 0 bridgehead atoms. The van der Waals surface area contributed by atoms with Crippen LogP contribution in [0.3, 0.4) is 0 Å². The molecule has 0 N–H and O–H groups in total. The number of hydrogen-bond acceptors (Lipinski definition) is 7. The number of ether oxygens (including phenoxy) is 3. The van der Waals surface area contributed by atoms with Crippen molar-refractivity contribution in [3.8, 4) is 5.75 Å². The van der Waals surface area contributed by atoms with E-state index >= 15 is 0 Å². The van der Waals surface area contributed by atoms with E-state index in [0.29, 0.717) is 44.3 Å². The standard InChI is InChI=1S/C25H48O7Si3/c1-11-17-29-25(2,3)24(26)22-13-15-23(16-14-22)28-21-20-27-18-12-19-30-35(10,31-33(4,5)6)32-34(7,8)9/h13-16H,11-12,17-21H2,1-10H3. The Morgan fingerprint density at radius 3 is 1.89 bits per heavy atom. The minimum atomic E-state index is -2.66. The Morgan fingerprint density at radius 1 is 0.800 bits per heavy atom. The molecule has 1 aromatic rings. The minimum absolute atomic E-state index is 0.0345. The normalized spacial score (nSPS) is 13.2. The summed E-state index contributed by atoms with van der Waals surface area (Å²) in [5.74, 6) is 0.669. The summed E-state index contributed by atoms with van der Waals surface area (Å²) in [6.07, 6.45) is 1.64. The molecule has 35 heavy (non-hydrogen) atoms. The van der Waals surface area contributed by atoms with Gasteiger partial charge in [0.25, 0.3) is 0 Å². The van der Waals surface area contributed by atoms with Gasteiger partial charge < -0.3 is 26.9 Å². The summed E-state index contributed by atoms with van der Waals surface area (Å²) in [4.78, 5) is 12.7. The molecule has 0 unspecified atom stereocenters. The quantitative estimate of drug-likeness (QED) is 0.125. The topological polar surface area (TPSA) is 72.5 Å². The summed E-state index contributed by atoms with van der Waals surface area (Å²) >= 11 is 0. The van der Waals surface area contributed by atoms with Crippen LogP contribution in [0.15, 0.2) is 24.3 Å². The van der Waals surface area contributed by atoms with Crippen LogP contribution in [0.2, 0.25) is 45.8 Å². The van der Waals surface area contributed by atoms with Gasteiger partial charge in [0.05, 0.1) is 6.61 Å². The van der Waals surface area contributed by atoms with Crippen molar-refractivity contribution in [2.45, 2.75) is 85.0 Å². The van der Waals surface area contributed by atoms with Crippen LogP contribution in [0.25, 0.3) is 0 Å². The van der Waals surface area contributed by atoms with Crippen molar-refractivity contribution in [2.75, 3.05) is 33.0 Å². The zero-order chi connectivity index (χ0) is 26.8. The number of ketones is 1. The van der Waals surface area contributed by atoms with E-state index in [-0.39, 0.29) is 5.78 Å². The molecule has 0 heterocycles. The fourth-order valence-electron chi connectivity index (χ4n) is 3.40. The maximum atomic E-state index is 12.7. The molecule has 1 aromatic carbocycles. The molecule has 0 radical (unpaired) electrons. The first-order valence-electron chi connectivity index (χ1n) is 12.6. The molecule has 0 aliphatic carbocycles. The van der Waals surface area contributed by atoms with Gasteiger partial charge >= 0.3 is 8.80 Å². The SMILES string of the molecule is CCCOC(C)(C)C(=O)c1ccc(OCCOCCCO[Si](C)(O[Si](C)(C)C)O[Si](C)(C)C)cc1. The van der Waals surface area contributed by atoms with Crippen molar-refractivity contribution >= 4 is 31.2 Å². The van der Waals surface area contributed by atoms with Gasteiger partial charge in [-0.3, -0.25) is 4.79 Å². The van der Waals surface area contributed by atoms with Gasteiger partial charge in [-0.15, -0.1) is 0 Å². The van der Waals surface area contributed by atoms with Crippen molar-refractivity contribution < 1.29 is 31.7 Å². The Labute approximate surface area is 216 Å². The maximum Gasteiger partial charge on any atom is 0.476 e. The van der Waals surface area contributed by atoms with Crippen molar-refractivity contribution in [2.24, 2.45) is 0 Å². The van der Waals surface area contributed by atoms with Gasteiger partial charge in [-0.2, -0.15) is 0 Å². The van der Waals surface area contributed by atoms with E-state index < -0.39 is 31.0 Å². The first kappa shape index (κ1) is 32.2. The lowest BCUT2D eigenvalue weighted by Crippen LogP contribution is -2.54. The lowest BCUT2D eigenvalue weighted by Gasteiger charge is -2.37. The van der Waals surface area contributed by atoms with Crippen molar-refractivity contribution in [3.63, 3.8) is 0 Å². The van der Waals surface area contributed by atoms with Gasteiger partial charge in [0.1, 0.15) is 18.0 Å². The van der Waals surface area contributed by atoms with E-state index in [1.54, 1.807) is 38.1 Å². The average Bonchev–Trinajstić information content (AvgIpc) is 2.71. The molecule has 202 valence electrons. The molecule has 10 heteroatoms. The highest BCUT2D eigenvalue weighted by molar-refractivity contribution is 6.85. The van der Waals surface area contributed by atoms with Crippen LogP contribution < -0.4 is 4.74 Å². The largest absolute Gasteiger partial charge is 0.491 e. The number of carbonyl (C=O) groups excluding carboxylic acids is 1. The molecule has 0 spiro atoms. The molecule has 7 nitrogen and oxygen atoms in total. The van der Waals surface area contributed by atoms with Crippen LogP contribution in [-0.4, -0.2) is 69.9 Å². The summed E-state index contributed by atoms with van der Waals surface area (Å²) < 4.78 is 35.9. The van der Waals surface area contributed by atoms with E-state index in [1.165, 1.54) is 0 Å². The number of carbonyl (C=O) groups is 1. The molecule has 0 saturated carbocycles. The second kappa shape index (κ2) is 14.2. The fourth-order valence-corrected chi connectivity index (χ4v) is 13.8. The van der Waals surface area contributed by atoms with Crippen LogP contribution in [0.5, 0.6) is 5.75 Å². The molecular formula is C25H48O7Si3. The number of Topliss-reactive ketones (excluding diaryl/α,β-unsaturated/α-hetero) is 1. The molecule has 0 atom stereocenters. The smallest absolute Gasteiger partial charge is 0.476 e. The summed E-state index contributed by atoms with van der Waals surface area (Å²) in [7, 11) is -6.21. The van der Waals surface area contributed by atoms with Gasteiger partial charge in [-0.05, 0) is 90.2 Å². The van der Waals surface area contributed by atoms with Crippen molar-refractivity contribution in [3.05, 3.63) is 29.8 Å². The summed E-state index contributed by atoms with van der Waals surface area (Å²) in [6.45, 7) is 23.2. The number of rotatable bonds is 18. The zero-order valence-corrected chi connectivity index (χ0v) is 26.6. The van der Waals surface area contributed by atoms with Crippen LogP contribution in [0.4, 0.5) is 0 Å². The first-order chi connectivity index (χ1) is 16.1. The monoisotopic (exact) mass is 544 g/mol. The maximum absolute atomic E-state index is 12.7. The van der Waals surface area contributed by atoms with E-state index in [4.69, 9.17) is 26.9 Å². The van der Waals surface area contributed by atoms with Gasteiger partial charge in [0.15, 0.2) is 22.4 Å². The Balaban J connectivity index is 2.34. The number of benzene rings is 1. The third-order valence-corrected chi connectivity index (χ3v) is 13.2. The van der Waals surface area contributed by atoms with E-state index in [9.17, 15) is 4.79 Å². The lowest BCUT2D eigenvalue weighted by atomic mass is 9.96. The molecule has 0 aromatic heterocycles. The van der Waals surface area contributed by atoms with Crippen LogP contribution in [0.1, 0.15) is 44.0 Å². The van der Waals surface area contributed by atoms with Crippen LogP contribution in [-0.2, 0) is 22.1 Å². The summed E-state index contributed by atoms with van der Waals surface area (Å²) in [5.41, 5.74) is -0.223. The van der Waals surface area contributed by atoms with E-state index in [2.05, 4.69) is 39.3 Å². The molecule has 0 aliphatic rings. The van der Waals surface area contributed by atoms with Crippen LogP contribution in [0, 0.1) is 0 Å². The second-order valence-corrected chi connectivity index (χ2v) is 23.3. The zero-order valence-electron chi connectivity index (χ0n) is 23.6. The van der Waals surface area contributed by atoms with Gasteiger partial charge in [-0.1, -0.05) is 6.92 Å². The van der Waals surface area contributed by atoms with Gasteiger partial charge in [0.2, 0.25) is 0 Å². The van der Waals surface area contributed by atoms with Crippen molar-refractivity contribution in [1.82, 2.24) is 0 Å². The Hall–Kier alpha value is -0.859. The second-order valence-electron chi connectivity index (χ2n) is 11.2. The summed E-state index contributed by atoms with van der Waals surface area (Å²) in [5, 5.41) is 0. The predicted molar refractivity (Wildman–Crippen MR) is 148 cm³/mol. The van der Waals surface area contributed by atoms with Gasteiger partial charge in [-0.25, -0.2) is 0 Å². The van der Waals surface area contributed by atoms with Gasteiger partial charge in [0, 0.05) is 31.9 Å². The highest BCUT2D eigenvalue weighted by Gasteiger charge is 2.42. The van der Waals surface area contributed by atoms with E-state index in [0.717, 1.165) is 12.8 Å². The van der Waals surface area contributed by atoms with E-state index in [1.807, 2.05) is 13.5 Å². The number of hydrogen-bond donors (Lipinski definition) is 0. The van der Waals surface area contributed by atoms with Crippen molar-refractivity contribution in [1.29, 1.82) is 0 Å². The summed E-state index contributed by atoms with van der Waals surface area (Å²) in [6, 6.07) is 7.16. The molecule has 0 amide bonds. The highest BCUT2D eigenvalue weighted by Crippen LogP contribution is 2.22. The highest BCUT2D eigenvalue weighted by atomic mass is 28.5.